The van der Waals surface area contributed by atoms with Crippen molar-refractivity contribution in [1.29, 1.82) is 5.26 Å². The van der Waals surface area contributed by atoms with Gasteiger partial charge in [0.05, 0.1) is 22.4 Å². The molecule has 0 spiro atoms. The summed E-state index contributed by atoms with van der Waals surface area (Å²) in [6.07, 6.45) is 2.06. The summed E-state index contributed by atoms with van der Waals surface area (Å²) in [6.45, 7) is 4.99. The largest absolute Gasteiger partial charge is 0.461 e. The van der Waals surface area contributed by atoms with E-state index in [4.69, 9.17) is 9.68 Å². The van der Waals surface area contributed by atoms with Crippen molar-refractivity contribution >= 4 is 17.2 Å². The third-order valence-electron chi connectivity index (χ3n) is 4.37. The first kappa shape index (κ1) is 16.7. The minimum absolute atomic E-state index is 0.0195. The molecule has 3 rings (SSSR count). The predicted octanol–water partition coefficient (Wildman–Crippen LogP) is 3.28. The molecule has 0 aliphatic carbocycles. The van der Waals surface area contributed by atoms with Gasteiger partial charge in [0.15, 0.2) is 0 Å². The van der Waals surface area contributed by atoms with Gasteiger partial charge in [-0.1, -0.05) is 0 Å². The number of piperidine rings is 1. The number of amides is 1. The topological polar surface area (TPSA) is 69.3 Å². The highest BCUT2D eigenvalue weighted by Gasteiger charge is 2.20. The number of nitrogens with one attached hydrogen (secondary N) is 1. The zero-order valence-electron chi connectivity index (χ0n) is 13.7. The van der Waals surface area contributed by atoms with E-state index in [1.807, 2.05) is 31.2 Å². The van der Waals surface area contributed by atoms with Crippen LogP contribution in [0.3, 0.4) is 0 Å². The Labute approximate surface area is 145 Å². The Kier molecular flexibility index (Phi) is 5.34. The third kappa shape index (κ3) is 4.05. The summed E-state index contributed by atoms with van der Waals surface area (Å²) in [5, 5.41) is 11.8. The Bertz CT molecular complexity index is 736. The number of hydrogen-bond donors (Lipinski definition) is 1. The van der Waals surface area contributed by atoms with Crippen LogP contribution in [0.1, 0.15) is 28.3 Å². The minimum atomic E-state index is -0.0195. The average Bonchev–Trinajstić information content (AvgIpc) is 3.23. The highest BCUT2D eigenvalue weighted by atomic mass is 32.1. The van der Waals surface area contributed by atoms with Gasteiger partial charge in [0.2, 0.25) is 0 Å². The summed E-state index contributed by atoms with van der Waals surface area (Å²) in [4.78, 5) is 16.2. The van der Waals surface area contributed by atoms with Crippen molar-refractivity contribution in [3.63, 3.8) is 0 Å². The van der Waals surface area contributed by atoms with Crippen molar-refractivity contribution in [3.8, 4) is 16.7 Å². The van der Waals surface area contributed by atoms with Crippen molar-refractivity contribution in [2.45, 2.75) is 19.8 Å². The Hall–Kier alpha value is -2.10. The molecule has 0 unspecified atom stereocenters. The van der Waals surface area contributed by atoms with Crippen LogP contribution in [0.25, 0.3) is 10.6 Å². The molecule has 6 heteroatoms. The average molecular weight is 343 g/mol. The van der Waals surface area contributed by atoms with Crippen LogP contribution in [0.15, 0.2) is 28.7 Å². The van der Waals surface area contributed by atoms with Crippen molar-refractivity contribution in [1.82, 2.24) is 10.2 Å². The zero-order valence-corrected chi connectivity index (χ0v) is 14.6. The van der Waals surface area contributed by atoms with E-state index in [9.17, 15) is 4.79 Å². The van der Waals surface area contributed by atoms with Crippen LogP contribution >= 0.6 is 11.3 Å². The van der Waals surface area contributed by atoms with Crippen molar-refractivity contribution in [3.05, 3.63) is 34.9 Å². The molecule has 0 radical (unpaired) electrons. The first-order valence-corrected chi connectivity index (χ1v) is 9.01. The molecule has 2 aromatic rings. The standard InChI is InChI=1S/C18H21N3O2S/c1-13-2-3-15(23-13)16-4-5-17(24-16)18(22)20-12-14-6-9-21(10-7-14)11-8-19/h2-5,14H,6-7,9-12H2,1H3,(H,20,22). The number of furan rings is 1. The Balaban J connectivity index is 1.49. The van der Waals surface area contributed by atoms with E-state index in [1.165, 1.54) is 11.3 Å². The normalized spacial score (nSPS) is 16.0. The van der Waals surface area contributed by atoms with Gasteiger partial charge in [-0.05, 0) is 63.0 Å². The molecule has 2 aromatic heterocycles. The maximum absolute atomic E-state index is 12.3. The summed E-state index contributed by atoms with van der Waals surface area (Å²) < 4.78 is 5.60. The molecule has 0 aromatic carbocycles. The van der Waals surface area contributed by atoms with Crippen LogP contribution in [-0.4, -0.2) is 37.0 Å². The molecule has 24 heavy (non-hydrogen) atoms. The fourth-order valence-corrected chi connectivity index (χ4v) is 3.82. The molecule has 126 valence electrons. The number of carbonyl (C=O) groups excluding carboxylic acids is 1. The Morgan fingerprint density at radius 1 is 1.38 bits per heavy atom. The molecule has 0 bridgehead atoms. The van der Waals surface area contributed by atoms with Gasteiger partial charge in [0.25, 0.3) is 5.91 Å². The number of thiophene rings is 1. The number of nitriles is 1. The zero-order chi connectivity index (χ0) is 16.9. The highest BCUT2D eigenvalue weighted by molar-refractivity contribution is 7.17. The number of nitrogens with zero attached hydrogens (tertiary/aromatic N) is 2. The predicted molar refractivity (Wildman–Crippen MR) is 93.9 cm³/mol. The lowest BCUT2D eigenvalue weighted by Gasteiger charge is -2.30. The fourth-order valence-electron chi connectivity index (χ4n) is 2.93. The lowest BCUT2D eigenvalue weighted by Crippen LogP contribution is -2.38. The van der Waals surface area contributed by atoms with Gasteiger partial charge in [-0.2, -0.15) is 5.26 Å². The van der Waals surface area contributed by atoms with E-state index in [2.05, 4.69) is 16.3 Å². The summed E-state index contributed by atoms with van der Waals surface area (Å²) in [7, 11) is 0. The second-order valence-corrected chi connectivity index (χ2v) is 7.25. The van der Waals surface area contributed by atoms with Crippen LogP contribution < -0.4 is 5.32 Å². The molecule has 3 heterocycles. The molecular formula is C18H21N3O2S. The van der Waals surface area contributed by atoms with E-state index < -0.39 is 0 Å². The monoisotopic (exact) mass is 343 g/mol. The lowest BCUT2D eigenvalue weighted by molar-refractivity contribution is 0.0942. The SMILES string of the molecule is Cc1ccc(-c2ccc(C(=O)NCC3CCN(CC#N)CC3)s2)o1. The molecule has 5 nitrogen and oxygen atoms in total. The molecule has 1 aliphatic heterocycles. The Morgan fingerprint density at radius 3 is 2.83 bits per heavy atom. The molecule has 1 amide bonds. The lowest BCUT2D eigenvalue weighted by atomic mass is 9.97. The Morgan fingerprint density at radius 2 is 2.17 bits per heavy atom. The van der Waals surface area contributed by atoms with Crippen molar-refractivity contribution in [2.24, 2.45) is 5.92 Å². The van der Waals surface area contributed by atoms with Crippen LogP contribution in [0.5, 0.6) is 0 Å². The molecule has 0 saturated carbocycles. The van der Waals surface area contributed by atoms with Gasteiger partial charge < -0.3 is 9.73 Å². The number of likely N-dealkylation sites (tertiary alicyclic amines) is 1. The first-order chi connectivity index (χ1) is 11.7. The van der Waals surface area contributed by atoms with E-state index in [-0.39, 0.29) is 5.91 Å². The van der Waals surface area contributed by atoms with Gasteiger partial charge in [-0.15, -0.1) is 11.3 Å². The molecule has 1 N–H and O–H groups in total. The number of rotatable bonds is 5. The number of aryl methyl sites for hydroxylation is 1. The van der Waals surface area contributed by atoms with Gasteiger partial charge in [0, 0.05) is 6.54 Å². The number of hydrogen-bond acceptors (Lipinski definition) is 5. The summed E-state index contributed by atoms with van der Waals surface area (Å²) in [6, 6.07) is 9.82. The van der Waals surface area contributed by atoms with E-state index in [0.29, 0.717) is 23.9 Å². The maximum atomic E-state index is 12.3. The van der Waals surface area contributed by atoms with E-state index >= 15 is 0 Å². The molecule has 1 aliphatic rings. The summed E-state index contributed by atoms with van der Waals surface area (Å²) in [5.74, 6) is 2.15. The molecule has 1 fully saturated rings. The maximum Gasteiger partial charge on any atom is 0.261 e. The highest BCUT2D eigenvalue weighted by Crippen LogP contribution is 2.29. The van der Waals surface area contributed by atoms with Crippen LogP contribution in [-0.2, 0) is 0 Å². The van der Waals surface area contributed by atoms with Gasteiger partial charge in [0.1, 0.15) is 11.5 Å². The molecular weight excluding hydrogens is 322 g/mol. The second kappa shape index (κ2) is 7.65. The van der Waals surface area contributed by atoms with Crippen LogP contribution in [0, 0.1) is 24.2 Å². The third-order valence-corrected chi connectivity index (χ3v) is 5.46. The first-order valence-electron chi connectivity index (χ1n) is 8.20. The number of carbonyl (C=O) groups is 1. The molecule has 0 atom stereocenters. The van der Waals surface area contributed by atoms with Gasteiger partial charge in [-0.25, -0.2) is 0 Å². The smallest absolute Gasteiger partial charge is 0.261 e. The van der Waals surface area contributed by atoms with E-state index in [1.54, 1.807) is 0 Å². The summed E-state index contributed by atoms with van der Waals surface area (Å²) in [5.41, 5.74) is 0. The van der Waals surface area contributed by atoms with E-state index in [0.717, 1.165) is 42.3 Å². The quantitative estimate of drug-likeness (QED) is 0.846. The second-order valence-electron chi connectivity index (χ2n) is 6.16. The van der Waals surface area contributed by atoms with Gasteiger partial charge in [-0.3, -0.25) is 9.69 Å². The van der Waals surface area contributed by atoms with Crippen molar-refractivity contribution in [2.75, 3.05) is 26.2 Å². The van der Waals surface area contributed by atoms with Crippen molar-refractivity contribution < 1.29 is 9.21 Å². The van der Waals surface area contributed by atoms with Crippen LogP contribution in [0.2, 0.25) is 0 Å². The fraction of sp³-hybridized carbons (Fsp3) is 0.444. The van der Waals surface area contributed by atoms with Crippen LogP contribution in [0.4, 0.5) is 0 Å². The minimum Gasteiger partial charge on any atom is -0.461 e. The summed E-state index contributed by atoms with van der Waals surface area (Å²) >= 11 is 1.45. The van der Waals surface area contributed by atoms with Gasteiger partial charge >= 0.3 is 0 Å². The molecule has 1 saturated heterocycles.